The van der Waals surface area contributed by atoms with Gasteiger partial charge in [0.2, 0.25) is 11.8 Å². The summed E-state index contributed by atoms with van der Waals surface area (Å²) in [6, 6.07) is -0.489. The topological polar surface area (TPSA) is 88.9 Å². The van der Waals surface area contributed by atoms with Crippen LogP contribution in [0.5, 0.6) is 0 Å². The molecule has 0 unspecified atom stereocenters. The van der Waals surface area contributed by atoms with Gasteiger partial charge in [-0.25, -0.2) is 4.98 Å². The summed E-state index contributed by atoms with van der Waals surface area (Å²) in [6.07, 6.45) is 9.21. The Morgan fingerprint density at radius 3 is 2.29 bits per heavy atom. The number of hydrogen-bond donors (Lipinski definition) is 2. The minimum absolute atomic E-state index is 0.0471. The molecule has 4 aliphatic rings. The summed E-state index contributed by atoms with van der Waals surface area (Å²) in [5.74, 6) is 2.92. The highest BCUT2D eigenvalue weighted by Gasteiger charge is 2.55. The van der Waals surface area contributed by atoms with Gasteiger partial charge in [-0.05, 0) is 62.2 Å². The van der Waals surface area contributed by atoms with Crippen molar-refractivity contribution in [3.63, 3.8) is 0 Å². The molecule has 4 aliphatic carbocycles. The van der Waals surface area contributed by atoms with E-state index in [0.717, 1.165) is 19.3 Å². The van der Waals surface area contributed by atoms with Crippen LogP contribution < -0.4 is 10.6 Å². The lowest BCUT2D eigenvalue weighted by molar-refractivity contribution is -0.149. The van der Waals surface area contributed by atoms with Crippen LogP contribution in [0, 0.1) is 29.1 Å². The average molecular weight is 388 g/mol. The number of amides is 2. The van der Waals surface area contributed by atoms with Crippen LogP contribution in [0.4, 0.5) is 0 Å². The van der Waals surface area contributed by atoms with Gasteiger partial charge in [0.15, 0.2) is 5.82 Å². The first-order valence-electron chi connectivity index (χ1n) is 10.8. The Morgan fingerprint density at radius 2 is 1.79 bits per heavy atom. The molecule has 0 radical (unpaired) electrons. The second-order valence-corrected chi connectivity index (χ2v) is 9.77. The molecule has 28 heavy (non-hydrogen) atoms. The third-order valence-electron chi connectivity index (χ3n) is 7.05. The van der Waals surface area contributed by atoms with Gasteiger partial charge in [0.05, 0.1) is 0 Å². The summed E-state index contributed by atoms with van der Waals surface area (Å²) < 4.78 is 1.65. The van der Waals surface area contributed by atoms with Crippen molar-refractivity contribution >= 4 is 11.8 Å². The molecule has 0 aromatic carbocycles. The number of rotatable bonds is 7. The van der Waals surface area contributed by atoms with Crippen LogP contribution in [0.2, 0.25) is 0 Å². The van der Waals surface area contributed by atoms with Crippen LogP contribution in [0.15, 0.2) is 6.33 Å². The highest BCUT2D eigenvalue weighted by atomic mass is 16.2. The van der Waals surface area contributed by atoms with E-state index in [2.05, 4.69) is 20.7 Å². The second-order valence-electron chi connectivity index (χ2n) is 9.77. The zero-order chi connectivity index (χ0) is 19.9. The standard InChI is InChI=1S/C21H33N5O2/c1-13(2)18(19(27)22-5-4-17-23-12-26(3)25-17)24-20(28)21-9-14-6-15(10-21)8-16(7-14)11-21/h12-16,18H,4-11H2,1-3H3,(H,22,27)(H,24,28)/t14?,15?,16?,18-,21?/m1/s1. The van der Waals surface area contributed by atoms with Crippen LogP contribution in [-0.4, -0.2) is 39.2 Å². The molecule has 1 atom stereocenters. The van der Waals surface area contributed by atoms with Crippen molar-refractivity contribution < 1.29 is 9.59 Å². The predicted octanol–water partition coefficient (Wildman–Crippen LogP) is 1.83. The van der Waals surface area contributed by atoms with Crippen LogP contribution >= 0.6 is 0 Å². The zero-order valence-corrected chi connectivity index (χ0v) is 17.3. The van der Waals surface area contributed by atoms with Gasteiger partial charge >= 0.3 is 0 Å². The number of hydrogen-bond acceptors (Lipinski definition) is 4. The maximum atomic E-state index is 13.3. The van der Waals surface area contributed by atoms with Crippen LogP contribution in [-0.2, 0) is 23.1 Å². The van der Waals surface area contributed by atoms with Gasteiger partial charge < -0.3 is 10.6 Å². The molecule has 0 aliphatic heterocycles. The minimum atomic E-state index is -0.489. The van der Waals surface area contributed by atoms with E-state index in [1.807, 2.05) is 20.9 Å². The molecule has 7 heteroatoms. The molecule has 0 saturated heterocycles. The Labute approximate surface area is 167 Å². The van der Waals surface area contributed by atoms with Gasteiger partial charge in [-0.3, -0.25) is 14.3 Å². The third kappa shape index (κ3) is 3.80. The SMILES string of the molecule is CC(C)[C@@H](NC(=O)C12CC3CC(CC(C3)C1)C2)C(=O)NCCc1ncn(C)n1. The Hall–Kier alpha value is -1.92. The summed E-state index contributed by atoms with van der Waals surface area (Å²) in [5, 5.41) is 10.3. The van der Waals surface area contributed by atoms with Gasteiger partial charge in [0.1, 0.15) is 12.4 Å². The second kappa shape index (κ2) is 7.48. The first kappa shape index (κ1) is 19.4. The van der Waals surface area contributed by atoms with Crippen LogP contribution in [0.1, 0.15) is 58.2 Å². The van der Waals surface area contributed by atoms with Crippen molar-refractivity contribution in [3.8, 4) is 0 Å². The number of nitrogens with one attached hydrogen (secondary N) is 2. The molecular weight excluding hydrogens is 354 g/mol. The van der Waals surface area contributed by atoms with Gasteiger partial charge in [0.25, 0.3) is 0 Å². The van der Waals surface area contributed by atoms with Crippen LogP contribution in [0.25, 0.3) is 0 Å². The van der Waals surface area contributed by atoms with Crippen molar-refractivity contribution in [2.24, 2.45) is 36.1 Å². The van der Waals surface area contributed by atoms with Crippen molar-refractivity contribution in [1.29, 1.82) is 0 Å². The van der Waals surface area contributed by atoms with Gasteiger partial charge in [-0.1, -0.05) is 13.8 Å². The van der Waals surface area contributed by atoms with Gasteiger partial charge in [0, 0.05) is 25.4 Å². The summed E-state index contributed by atoms with van der Waals surface area (Å²) in [5.41, 5.74) is -0.222. The summed E-state index contributed by atoms with van der Waals surface area (Å²) in [7, 11) is 1.82. The Bertz CT molecular complexity index is 706. The van der Waals surface area contributed by atoms with Gasteiger partial charge in [-0.15, -0.1) is 0 Å². The minimum Gasteiger partial charge on any atom is -0.354 e. The fourth-order valence-corrected chi connectivity index (χ4v) is 6.12. The molecular formula is C21H33N5O2. The van der Waals surface area contributed by atoms with Crippen molar-refractivity contribution in [2.75, 3.05) is 6.54 Å². The Kier molecular flexibility index (Phi) is 5.19. The molecule has 1 heterocycles. The molecule has 154 valence electrons. The van der Waals surface area contributed by atoms with Crippen LogP contribution in [0.3, 0.4) is 0 Å². The molecule has 2 amide bonds. The predicted molar refractivity (Wildman–Crippen MR) is 105 cm³/mol. The molecule has 7 nitrogen and oxygen atoms in total. The summed E-state index contributed by atoms with van der Waals surface area (Å²) in [6.45, 7) is 4.45. The van der Waals surface area contributed by atoms with E-state index in [-0.39, 0.29) is 23.1 Å². The van der Waals surface area contributed by atoms with E-state index < -0.39 is 6.04 Å². The highest BCUT2D eigenvalue weighted by Crippen LogP contribution is 2.60. The lowest BCUT2D eigenvalue weighted by atomic mass is 9.49. The quantitative estimate of drug-likeness (QED) is 0.747. The van der Waals surface area contributed by atoms with E-state index in [1.165, 1.54) is 19.3 Å². The normalized spacial score (nSPS) is 31.8. The zero-order valence-electron chi connectivity index (χ0n) is 17.3. The molecule has 4 bridgehead atoms. The van der Waals surface area contributed by atoms with Crippen molar-refractivity contribution in [2.45, 2.75) is 64.8 Å². The fourth-order valence-electron chi connectivity index (χ4n) is 6.12. The van der Waals surface area contributed by atoms with E-state index in [0.29, 0.717) is 36.5 Å². The molecule has 5 rings (SSSR count). The number of aromatic nitrogens is 3. The number of aryl methyl sites for hydroxylation is 1. The molecule has 2 N–H and O–H groups in total. The number of carbonyl (C=O) groups excluding carboxylic acids is 2. The maximum Gasteiger partial charge on any atom is 0.242 e. The molecule has 0 spiro atoms. The Morgan fingerprint density at radius 1 is 1.18 bits per heavy atom. The van der Waals surface area contributed by atoms with E-state index in [1.54, 1.807) is 11.0 Å². The van der Waals surface area contributed by atoms with Crippen molar-refractivity contribution in [3.05, 3.63) is 12.2 Å². The average Bonchev–Trinajstić information content (AvgIpc) is 3.03. The van der Waals surface area contributed by atoms with E-state index >= 15 is 0 Å². The largest absolute Gasteiger partial charge is 0.354 e. The third-order valence-corrected chi connectivity index (χ3v) is 7.05. The maximum absolute atomic E-state index is 13.3. The smallest absolute Gasteiger partial charge is 0.242 e. The highest BCUT2D eigenvalue weighted by molar-refractivity contribution is 5.90. The molecule has 1 aromatic rings. The number of nitrogens with zero attached hydrogens (tertiary/aromatic N) is 3. The van der Waals surface area contributed by atoms with E-state index in [9.17, 15) is 9.59 Å². The molecule has 4 fully saturated rings. The summed E-state index contributed by atoms with van der Waals surface area (Å²) >= 11 is 0. The first-order valence-corrected chi connectivity index (χ1v) is 10.8. The Balaban J connectivity index is 1.35. The van der Waals surface area contributed by atoms with Gasteiger partial charge in [-0.2, -0.15) is 5.10 Å². The molecule has 4 saturated carbocycles. The van der Waals surface area contributed by atoms with Crippen molar-refractivity contribution in [1.82, 2.24) is 25.4 Å². The lowest BCUT2D eigenvalue weighted by Crippen LogP contribution is -2.58. The first-order chi connectivity index (χ1) is 13.3. The monoisotopic (exact) mass is 387 g/mol. The molecule has 1 aromatic heterocycles. The lowest BCUT2D eigenvalue weighted by Gasteiger charge is -2.55. The van der Waals surface area contributed by atoms with E-state index in [4.69, 9.17) is 0 Å². The number of carbonyl (C=O) groups is 2. The summed E-state index contributed by atoms with van der Waals surface area (Å²) in [4.78, 5) is 30.2. The fraction of sp³-hybridized carbons (Fsp3) is 0.810.